The van der Waals surface area contributed by atoms with E-state index in [0.29, 0.717) is 34.9 Å². The summed E-state index contributed by atoms with van der Waals surface area (Å²) in [4.78, 5) is 26.4. The van der Waals surface area contributed by atoms with Crippen LogP contribution in [0.1, 0.15) is 17.5 Å². The van der Waals surface area contributed by atoms with Gasteiger partial charge in [-0.05, 0) is 61.7 Å². The predicted molar refractivity (Wildman–Crippen MR) is 100 cm³/mol. The van der Waals surface area contributed by atoms with Crippen LogP contribution < -0.4 is 15.5 Å². The second-order valence-corrected chi connectivity index (χ2v) is 6.68. The highest BCUT2D eigenvalue weighted by Gasteiger charge is 2.33. The summed E-state index contributed by atoms with van der Waals surface area (Å²) in [7, 11) is 0. The van der Waals surface area contributed by atoms with Gasteiger partial charge in [-0.1, -0.05) is 17.7 Å². The molecular weight excluding hydrogens is 357 g/mol. The van der Waals surface area contributed by atoms with E-state index >= 15 is 0 Å². The summed E-state index contributed by atoms with van der Waals surface area (Å²) in [6, 6.07) is 8.67. The van der Waals surface area contributed by atoms with E-state index in [2.05, 4.69) is 10.6 Å². The second kappa shape index (κ2) is 7.33. The van der Waals surface area contributed by atoms with E-state index in [1.165, 1.54) is 6.07 Å². The van der Waals surface area contributed by atoms with Crippen LogP contribution in [0.3, 0.4) is 0 Å². The van der Waals surface area contributed by atoms with E-state index in [-0.39, 0.29) is 11.7 Å². The van der Waals surface area contributed by atoms with Gasteiger partial charge in [0.2, 0.25) is 5.91 Å². The van der Waals surface area contributed by atoms with E-state index in [1.54, 1.807) is 49.1 Å². The number of hydrogen-bond donors (Lipinski definition) is 2. The largest absolute Gasteiger partial charge is 0.326 e. The molecule has 1 aliphatic heterocycles. The first-order chi connectivity index (χ1) is 12.4. The summed E-state index contributed by atoms with van der Waals surface area (Å²) < 4.78 is 13.4. The van der Waals surface area contributed by atoms with E-state index in [1.807, 2.05) is 0 Å². The number of rotatable bonds is 3. The Bertz CT molecular complexity index is 872. The van der Waals surface area contributed by atoms with Crippen molar-refractivity contribution < 1.29 is 14.0 Å². The molecular formula is C19H19ClFN3O2. The summed E-state index contributed by atoms with van der Waals surface area (Å²) in [6.45, 7) is 3.91. The van der Waals surface area contributed by atoms with E-state index in [9.17, 15) is 14.0 Å². The van der Waals surface area contributed by atoms with Crippen molar-refractivity contribution in [3.05, 3.63) is 58.4 Å². The van der Waals surface area contributed by atoms with Crippen LogP contribution in [0.25, 0.3) is 0 Å². The van der Waals surface area contributed by atoms with Crippen molar-refractivity contribution in [1.29, 1.82) is 0 Å². The fraction of sp³-hybridized carbons (Fsp3) is 0.263. The van der Waals surface area contributed by atoms with Crippen LogP contribution in [-0.2, 0) is 4.79 Å². The maximum atomic E-state index is 13.4. The van der Waals surface area contributed by atoms with Crippen molar-refractivity contribution in [3.8, 4) is 0 Å². The molecule has 0 bridgehead atoms. The highest BCUT2D eigenvalue weighted by Crippen LogP contribution is 2.25. The Labute approximate surface area is 156 Å². The molecule has 5 nitrogen and oxygen atoms in total. The normalized spacial score (nSPS) is 16.7. The standard InChI is InChI=1S/C19H19ClFN3O2/c1-11-10-13(6-7-15(11)21)24-9-8-17(18(24)25)23-19(26)22-16-5-3-4-14(20)12(16)2/h3-7,10,17H,8-9H2,1-2H3,(H2,22,23,26)/t17-/m1/s1. The molecule has 0 spiro atoms. The zero-order valence-electron chi connectivity index (χ0n) is 14.5. The number of benzene rings is 2. The number of nitrogens with one attached hydrogen (secondary N) is 2. The molecule has 2 aromatic rings. The summed E-state index contributed by atoms with van der Waals surface area (Å²) in [6.07, 6.45) is 0.483. The molecule has 0 aliphatic carbocycles. The molecule has 1 saturated heterocycles. The van der Waals surface area contributed by atoms with Gasteiger partial charge in [-0.3, -0.25) is 4.79 Å². The maximum Gasteiger partial charge on any atom is 0.319 e. The van der Waals surface area contributed by atoms with Crippen LogP contribution in [0.4, 0.5) is 20.6 Å². The molecule has 26 heavy (non-hydrogen) atoms. The smallest absolute Gasteiger partial charge is 0.319 e. The molecule has 0 radical (unpaired) electrons. The Morgan fingerprint density at radius 3 is 2.77 bits per heavy atom. The Kier molecular flexibility index (Phi) is 5.13. The number of anilines is 2. The van der Waals surface area contributed by atoms with Gasteiger partial charge in [0.1, 0.15) is 11.9 Å². The molecule has 1 heterocycles. The topological polar surface area (TPSA) is 61.4 Å². The summed E-state index contributed by atoms with van der Waals surface area (Å²) in [5, 5.41) is 5.96. The molecule has 1 fully saturated rings. The van der Waals surface area contributed by atoms with Crippen molar-refractivity contribution in [2.24, 2.45) is 0 Å². The third kappa shape index (κ3) is 3.65. The van der Waals surface area contributed by atoms with Crippen LogP contribution in [0.15, 0.2) is 36.4 Å². The average molecular weight is 376 g/mol. The highest BCUT2D eigenvalue weighted by atomic mass is 35.5. The Morgan fingerprint density at radius 2 is 2.04 bits per heavy atom. The van der Waals surface area contributed by atoms with Gasteiger partial charge in [0.05, 0.1) is 0 Å². The SMILES string of the molecule is Cc1cc(N2CC[C@@H](NC(=O)Nc3cccc(Cl)c3C)C2=O)ccc1F. The Balaban J connectivity index is 1.66. The summed E-state index contributed by atoms with van der Waals surface area (Å²) >= 11 is 6.04. The third-order valence-electron chi connectivity index (χ3n) is 4.48. The van der Waals surface area contributed by atoms with Gasteiger partial charge in [0.25, 0.3) is 0 Å². The fourth-order valence-corrected chi connectivity index (χ4v) is 3.10. The van der Waals surface area contributed by atoms with Crippen LogP contribution in [-0.4, -0.2) is 24.5 Å². The van der Waals surface area contributed by atoms with Crippen molar-refractivity contribution in [3.63, 3.8) is 0 Å². The lowest BCUT2D eigenvalue weighted by molar-refractivity contribution is -0.118. The summed E-state index contributed by atoms with van der Waals surface area (Å²) in [5.41, 5.74) is 2.45. The van der Waals surface area contributed by atoms with E-state index < -0.39 is 12.1 Å². The summed E-state index contributed by atoms with van der Waals surface area (Å²) in [5.74, 6) is -0.527. The van der Waals surface area contributed by atoms with Crippen LogP contribution >= 0.6 is 11.6 Å². The minimum Gasteiger partial charge on any atom is -0.326 e. The maximum absolute atomic E-state index is 13.4. The Hall–Kier alpha value is -2.60. The molecule has 0 aromatic heterocycles. The number of halogens is 2. The van der Waals surface area contributed by atoms with Gasteiger partial charge >= 0.3 is 6.03 Å². The molecule has 3 rings (SSSR count). The molecule has 1 aliphatic rings. The molecule has 2 aromatic carbocycles. The van der Waals surface area contributed by atoms with Gasteiger partial charge in [-0.25, -0.2) is 9.18 Å². The lowest BCUT2D eigenvalue weighted by atomic mass is 10.2. The van der Waals surface area contributed by atoms with Crippen molar-refractivity contribution in [2.45, 2.75) is 26.3 Å². The number of urea groups is 1. The van der Waals surface area contributed by atoms with Crippen molar-refractivity contribution >= 4 is 34.9 Å². The van der Waals surface area contributed by atoms with Gasteiger partial charge in [0, 0.05) is 22.9 Å². The van der Waals surface area contributed by atoms with E-state index in [4.69, 9.17) is 11.6 Å². The molecule has 0 unspecified atom stereocenters. The number of carbonyl (C=O) groups is 2. The lowest BCUT2D eigenvalue weighted by Crippen LogP contribution is -2.43. The average Bonchev–Trinajstić information content (AvgIpc) is 2.95. The minimum atomic E-state index is -0.625. The lowest BCUT2D eigenvalue weighted by Gasteiger charge is -2.18. The van der Waals surface area contributed by atoms with Crippen LogP contribution in [0.5, 0.6) is 0 Å². The van der Waals surface area contributed by atoms with E-state index in [0.717, 1.165) is 5.56 Å². The number of amides is 3. The molecule has 136 valence electrons. The number of carbonyl (C=O) groups excluding carboxylic acids is 2. The first-order valence-corrected chi connectivity index (χ1v) is 8.65. The van der Waals surface area contributed by atoms with Crippen molar-refractivity contribution in [2.75, 3.05) is 16.8 Å². The van der Waals surface area contributed by atoms with Gasteiger partial charge < -0.3 is 15.5 Å². The highest BCUT2D eigenvalue weighted by molar-refractivity contribution is 6.31. The zero-order valence-corrected chi connectivity index (χ0v) is 15.2. The zero-order chi connectivity index (χ0) is 18.8. The first-order valence-electron chi connectivity index (χ1n) is 8.27. The van der Waals surface area contributed by atoms with Gasteiger partial charge in [-0.15, -0.1) is 0 Å². The molecule has 1 atom stereocenters. The quantitative estimate of drug-likeness (QED) is 0.851. The first kappa shape index (κ1) is 18.2. The monoisotopic (exact) mass is 375 g/mol. The van der Waals surface area contributed by atoms with Crippen LogP contribution in [0.2, 0.25) is 5.02 Å². The molecule has 3 amide bonds. The number of aryl methyl sites for hydroxylation is 1. The minimum absolute atomic E-state index is 0.214. The molecule has 2 N–H and O–H groups in total. The van der Waals surface area contributed by atoms with Gasteiger partial charge in [0.15, 0.2) is 0 Å². The molecule has 0 saturated carbocycles. The van der Waals surface area contributed by atoms with Crippen molar-refractivity contribution in [1.82, 2.24) is 5.32 Å². The number of hydrogen-bond acceptors (Lipinski definition) is 2. The third-order valence-corrected chi connectivity index (χ3v) is 4.89. The van der Waals surface area contributed by atoms with Gasteiger partial charge in [-0.2, -0.15) is 0 Å². The second-order valence-electron chi connectivity index (χ2n) is 6.28. The fourth-order valence-electron chi connectivity index (χ4n) is 2.93. The predicted octanol–water partition coefficient (Wildman–Crippen LogP) is 4.02. The molecule has 7 heteroatoms. The number of nitrogens with zero attached hydrogens (tertiary/aromatic N) is 1. The van der Waals surface area contributed by atoms with Crippen LogP contribution in [0, 0.1) is 19.7 Å². The Morgan fingerprint density at radius 1 is 1.27 bits per heavy atom.